The van der Waals surface area contributed by atoms with Gasteiger partial charge in [-0.1, -0.05) is 25.5 Å². The predicted octanol–water partition coefficient (Wildman–Crippen LogP) is 3.30. The first kappa shape index (κ1) is 17.7. The lowest BCUT2D eigenvalue weighted by molar-refractivity contribution is -0.122. The van der Waals surface area contributed by atoms with Gasteiger partial charge in [0.1, 0.15) is 5.82 Å². The molecule has 1 amide bonds. The Kier molecular flexibility index (Phi) is 5.53. The number of piperazine rings is 1. The number of aryl methyl sites for hydroxylation is 2. The van der Waals surface area contributed by atoms with Crippen LogP contribution in [0.25, 0.3) is 0 Å². The summed E-state index contributed by atoms with van der Waals surface area (Å²) in [5.41, 5.74) is 3.27. The summed E-state index contributed by atoms with van der Waals surface area (Å²) in [5, 5.41) is 0. The van der Waals surface area contributed by atoms with Gasteiger partial charge in [-0.25, -0.2) is 4.98 Å². The number of hydrogen-bond donors (Lipinski definition) is 1. The second-order valence-electron chi connectivity index (χ2n) is 7.06. The molecule has 2 aromatic rings. The van der Waals surface area contributed by atoms with Crippen LogP contribution in [0.5, 0.6) is 0 Å². The van der Waals surface area contributed by atoms with Gasteiger partial charge < -0.3 is 9.88 Å². The molecular formula is C20H28N4O. The van der Waals surface area contributed by atoms with Crippen LogP contribution in [0.3, 0.4) is 0 Å². The molecule has 1 fully saturated rings. The molecule has 25 heavy (non-hydrogen) atoms. The third-order valence-electron chi connectivity index (χ3n) is 4.84. The fourth-order valence-electron chi connectivity index (χ4n) is 3.33. The van der Waals surface area contributed by atoms with Gasteiger partial charge in [0.2, 0.25) is 5.91 Å². The average molecular weight is 340 g/mol. The van der Waals surface area contributed by atoms with E-state index in [9.17, 15) is 4.79 Å². The summed E-state index contributed by atoms with van der Waals surface area (Å²) in [7, 11) is 0. The largest absolute Gasteiger partial charge is 0.345 e. The highest BCUT2D eigenvalue weighted by molar-refractivity contribution is 5.95. The normalized spacial score (nSPS) is 18.8. The van der Waals surface area contributed by atoms with Gasteiger partial charge in [0, 0.05) is 43.1 Å². The smallest absolute Gasteiger partial charge is 0.241 e. The van der Waals surface area contributed by atoms with Gasteiger partial charge in [0.05, 0.1) is 6.54 Å². The first-order valence-electron chi connectivity index (χ1n) is 9.20. The summed E-state index contributed by atoms with van der Waals surface area (Å²) >= 11 is 0. The zero-order valence-electron chi connectivity index (χ0n) is 15.5. The van der Waals surface area contributed by atoms with Crippen LogP contribution in [0.4, 0.5) is 5.69 Å². The fraction of sp³-hybridized carbons (Fsp3) is 0.500. The molecule has 1 N–H and O–H groups in total. The molecule has 1 aromatic carbocycles. The molecule has 1 aliphatic rings. The van der Waals surface area contributed by atoms with E-state index in [-0.39, 0.29) is 5.91 Å². The van der Waals surface area contributed by atoms with Crippen LogP contribution in [-0.2, 0) is 17.8 Å². The minimum Gasteiger partial charge on any atom is -0.345 e. The molecule has 5 heteroatoms. The highest BCUT2D eigenvalue weighted by Crippen LogP contribution is 2.22. The Hall–Kier alpha value is -2.14. The Morgan fingerprint density at radius 2 is 2.20 bits per heavy atom. The second-order valence-corrected chi connectivity index (χ2v) is 7.06. The lowest BCUT2D eigenvalue weighted by Crippen LogP contribution is -2.54. The average Bonchev–Trinajstić information content (AvgIpc) is 3.03. The van der Waals surface area contributed by atoms with Crippen LogP contribution in [-0.4, -0.2) is 39.9 Å². The van der Waals surface area contributed by atoms with Crippen molar-refractivity contribution >= 4 is 11.6 Å². The summed E-state index contributed by atoms with van der Waals surface area (Å²) < 4.78 is 0. The molecule has 1 saturated heterocycles. The highest BCUT2D eigenvalue weighted by Gasteiger charge is 2.30. The van der Waals surface area contributed by atoms with E-state index in [0.717, 1.165) is 43.1 Å². The first-order chi connectivity index (χ1) is 12.1. The van der Waals surface area contributed by atoms with Crippen molar-refractivity contribution in [2.75, 3.05) is 18.0 Å². The molecule has 0 saturated carbocycles. The number of unbranched alkanes of at least 4 members (excludes halogenated alkanes) is 1. The van der Waals surface area contributed by atoms with Gasteiger partial charge in [-0.05, 0) is 38.0 Å². The minimum atomic E-state index is 0.162. The number of nitrogens with zero attached hydrogens (tertiary/aromatic N) is 3. The number of carbonyl (C=O) groups excluding carboxylic acids is 1. The van der Waals surface area contributed by atoms with Crippen molar-refractivity contribution in [3.63, 3.8) is 0 Å². The van der Waals surface area contributed by atoms with Crippen molar-refractivity contribution in [2.24, 2.45) is 0 Å². The third kappa shape index (κ3) is 4.28. The zero-order valence-corrected chi connectivity index (χ0v) is 15.5. The fourth-order valence-corrected chi connectivity index (χ4v) is 3.33. The summed E-state index contributed by atoms with van der Waals surface area (Å²) in [6, 6.07) is 8.47. The predicted molar refractivity (Wildman–Crippen MR) is 101 cm³/mol. The van der Waals surface area contributed by atoms with Crippen LogP contribution >= 0.6 is 0 Å². The maximum absolute atomic E-state index is 12.7. The molecule has 0 aliphatic carbocycles. The molecule has 1 atom stereocenters. The van der Waals surface area contributed by atoms with E-state index in [1.807, 2.05) is 23.2 Å². The number of H-pyrrole nitrogens is 1. The topological polar surface area (TPSA) is 52.2 Å². The molecule has 1 unspecified atom stereocenters. The molecule has 2 heterocycles. The molecule has 0 radical (unpaired) electrons. The van der Waals surface area contributed by atoms with Crippen molar-refractivity contribution in [1.29, 1.82) is 0 Å². The summed E-state index contributed by atoms with van der Waals surface area (Å²) in [6.07, 6.45) is 5.22. The Labute approximate surface area is 150 Å². The van der Waals surface area contributed by atoms with Crippen LogP contribution in [0, 0.1) is 6.92 Å². The SMILES string of the molecule is CCCCc1ncc(CN2CC(=O)N(c3cccc(C)c3)CC2C)[nH]1. The van der Waals surface area contributed by atoms with Crippen molar-refractivity contribution in [3.8, 4) is 0 Å². The molecule has 134 valence electrons. The summed E-state index contributed by atoms with van der Waals surface area (Å²) in [4.78, 5) is 24.7. The van der Waals surface area contributed by atoms with Crippen molar-refractivity contribution < 1.29 is 4.79 Å². The van der Waals surface area contributed by atoms with Crippen molar-refractivity contribution in [3.05, 3.63) is 47.5 Å². The third-order valence-corrected chi connectivity index (χ3v) is 4.84. The molecule has 0 spiro atoms. The van der Waals surface area contributed by atoms with Gasteiger partial charge >= 0.3 is 0 Å². The number of aromatic amines is 1. The highest BCUT2D eigenvalue weighted by atomic mass is 16.2. The number of amides is 1. The Bertz CT molecular complexity index is 724. The minimum absolute atomic E-state index is 0.162. The molecule has 1 aliphatic heterocycles. The van der Waals surface area contributed by atoms with E-state index in [0.29, 0.717) is 12.6 Å². The number of nitrogens with one attached hydrogen (secondary N) is 1. The van der Waals surface area contributed by atoms with E-state index in [1.165, 1.54) is 12.0 Å². The first-order valence-corrected chi connectivity index (χ1v) is 9.20. The quantitative estimate of drug-likeness (QED) is 0.878. The zero-order chi connectivity index (χ0) is 17.8. The standard InChI is InChI=1S/C20H28N4O/c1-4-5-9-19-21-11-17(22-19)13-23-14-20(25)24(12-16(23)3)18-8-6-7-15(2)10-18/h6-8,10-11,16H,4-5,9,12-14H2,1-3H3,(H,21,22). The van der Waals surface area contributed by atoms with Gasteiger partial charge in [-0.15, -0.1) is 0 Å². The monoisotopic (exact) mass is 340 g/mol. The lowest BCUT2D eigenvalue weighted by Gasteiger charge is -2.39. The number of carbonyl (C=O) groups is 1. The van der Waals surface area contributed by atoms with E-state index in [2.05, 4.69) is 47.8 Å². The van der Waals surface area contributed by atoms with E-state index in [1.54, 1.807) is 0 Å². The number of aromatic nitrogens is 2. The Morgan fingerprint density at radius 3 is 2.96 bits per heavy atom. The second kappa shape index (κ2) is 7.83. The van der Waals surface area contributed by atoms with Crippen LogP contribution in [0.15, 0.2) is 30.5 Å². The molecule has 3 rings (SSSR count). The Morgan fingerprint density at radius 1 is 1.36 bits per heavy atom. The van der Waals surface area contributed by atoms with Crippen molar-refractivity contribution in [1.82, 2.24) is 14.9 Å². The number of anilines is 1. The number of hydrogen-bond acceptors (Lipinski definition) is 3. The van der Waals surface area contributed by atoms with Gasteiger partial charge in [0.25, 0.3) is 0 Å². The maximum Gasteiger partial charge on any atom is 0.241 e. The van der Waals surface area contributed by atoms with E-state index >= 15 is 0 Å². The van der Waals surface area contributed by atoms with Crippen LogP contribution in [0.1, 0.15) is 43.8 Å². The molecular weight excluding hydrogens is 312 g/mol. The van der Waals surface area contributed by atoms with Crippen LogP contribution in [0.2, 0.25) is 0 Å². The summed E-state index contributed by atoms with van der Waals surface area (Å²) in [5.74, 6) is 1.21. The maximum atomic E-state index is 12.7. The number of rotatable bonds is 6. The lowest BCUT2D eigenvalue weighted by atomic mass is 10.1. The van der Waals surface area contributed by atoms with E-state index < -0.39 is 0 Å². The Balaban J connectivity index is 1.64. The summed E-state index contributed by atoms with van der Waals surface area (Å²) in [6.45, 7) is 8.34. The number of benzene rings is 1. The van der Waals surface area contributed by atoms with E-state index in [4.69, 9.17) is 0 Å². The van der Waals surface area contributed by atoms with Crippen molar-refractivity contribution in [2.45, 2.75) is 52.6 Å². The molecule has 5 nitrogen and oxygen atoms in total. The van der Waals surface area contributed by atoms with Gasteiger partial charge in [-0.3, -0.25) is 9.69 Å². The van der Waals surface area contributed by atoms with Gasteiger partial charge in [-0.2, -0.15) is 0 Å². The van der Waals surface area contributed by atoms with Gasteiger partial charge in [0.15, 0.2) is 0 Å². The molecule has 0 bridgehead atoms. The number of imidazole rings is 1. The molecule has 1 aromatic heterocycles. The van der Waals surface area contributed by atoms with Crippen LogP contribution < -0.4 is 4.90 Å².